The number of fused-ring (bicyclic) bond motifs is 1. The van der Waals surface area contributed by atoms with E-state index >= 15 is 0 Å². The maximum absolute atomic E-state index is 6.10. The van der Waals surface area contributed by atoms with Crippen LogP contribution in [-0.2, 0) is 13.0 Å². The lowest BCUT2D eigenvalue weighted by molar-refractivity contribution is 0.352. The van der Waals surface area contributed by atoms with Gasteiger partial charge in [-0.2, -0.15) is 0 Å². The summed E-state index contributed by atoms with van der Waals surface area (Å²) in [7, 11) is 0. The van der Waals surface area contributed by atoms with Gasteiger partial charge in [-0.1, -0.05) is 17.5 Å². The van der Waals surface area contributed by atoms with Gasteiger partial charge in [0.1, 0.15) is 5.75 Å². The minimum atomic E-state index is 0.765. The molecule has 0 saturated heterocycles. The fraction of sp³-hybridized carbons (Fsp3) is 0.429. The van der Waals surface area contributed by atoms with E-state index in [1.165, 1.54) is 5.56 Å². The molecule has 0 aliphatic carbocycles. The lowest BCUT2D eigenvalue weighted by atomic mass is 10.1. The molecule has 1 aromatic rings. The lowest BCUT2D eigenvalue weighted by Gasteiger charge is -2.10. The molecule has 1 aliphatic rings. The van der Waals surface area contributed by atoms with Gasteiger partial charge >= 0.3 is 0 Å². The zero-order valence-corrected chi connectivity index (χ0v) is 11.7. The molecule has 1 aliphatic heterocycles. The van der Waals surface area contributed by atoms with E-state index in [9.17, 15) is 0 Å². The number of terminal acetylenes is 1. The number of hydrogen-bond acceptors (Lipinski definition) is 3. The summed E-state index contributed by atoms with van der Waals surface area (Å²) in [5.41, 5.74) is 2.37. The maximum atomic E-state index is 6.10. The second kappa shape index (κ2) is 6.94. The van der Waals surface area contributed by atoms with Crippen molar-refractivity contribution < 1.29 is 4.74 Å². The molecule has 2 rings (SSSR count). The minimum absolute atomic E-state index is 0.765. The van der Waals surface area contributed by atoms with Crippen LogP contribution in [0.15, 0.2) is 12.1 Å². The summed E-state index contributed by atoms with van der Waals surface area (Å²) in [6.45, 7) is 2.49. The highest BCUT2D eigenvalue weighted by Crippen LogP contribution is 2.32. The topological polar surface area (TPSA) is 21.3 Å². The quantitative estimate of drug-likeness (QED) is 0.640. The molecule has 1 aromatic carbocycles. The Balaban J connectivity index is 1.85. The van der Waals surface area contributed by atoms with Gasteiger partial charge in [0.25, 0.3) is 0 Å². The molecule has 18 heavy (non-hydrogen) atoms. The molecule has 0 amide bonds. The number of halogens is 1. The highest BCUT2D eigenvalue weighted by atomic mass is 35.5. The Labute approximate surface area is 117 Å². The average molecular weight is 282 g/mol. The van der Waals surface area contributed by atoms with E-state index in [4.69, 9.17) is 22.8 Å². The second-order valence-corrected chi connectivity index (χ2v) is 5.63. The summed E-state index contributed by atoms with van der Waals surface area (Å²) in [6.07, 6.45) is 6.15. The van der Waals surface area contributed by atoms with Gasteiger partial charge < -0.3 is 10.1 Å². The van der Waals surface area contributed by atoms with E-state index in [2.05, 4.69) is 11.2 Å². The van der Waals surface area contributed by atoms with Crippen LogP contribution in [0.25, 0.3) is 0 Å². The molecule has 0 unspecified atom stereocenters. The van der Waals surface area contributed by atoms with Gasteiger partial charge in [0.05, 0.1) is 12.4 Å². The Bertz CT molecular complexity index is 456. The molecule has 4 heteroatoms. The normalized spacial score (nSPS) is 12.9. The zero-order valence-electron chi connectivity index (χ0n) is 10.2. The van der Waals surface area contributed by atoms with Crippen LogP contribution in [0.2, 0.25) is 5.02 Å². The van der Waals surface area contributed by atoms with Crippen LogP contribution in [0.3, 0.4) is 0 Å². The first-order valence-electron chi connectivity index (χ1n) is 5.97. The van der Waals surface area contributed by atoms with Gasteiger partial charge in [-0.25, -0.2) is 0 Å². The molecule has 0 bridgehead atoms. The van der Waals surface area contributed by atoms with Crippen LogP contribution in [0.1, 0.15) is 11.1 Å². The van der Waals surface area contributed by atoms with Crippen LogP contribution in [-0.4, -0.2) is 24.7 Å². The third-order valence-corrected chi connectivity index (χ3v) is 3.83. The van der Waals surface area contributed by atoms with E-state index in [0.717, 1.165) is 54.0 Å². The Kier molecular flexibility index (Phi) is 5.25. The standard InChI is InChI=1S/C14H16ClNOS/c1-2-6-18-7-4-16-10-12-9-13(15)8-11-3-5-17-14(11)12/h1,8-9,16H,3-7,10H2. The largest absolute Gasteiger partial charge is 0.493 e. The lowest BCUT2D eigenvalue weighted by Crippen LogP contribution is -2.17. The molecule has 2 nitrogen and oxygen atoms in total. The van der Waals surface area contributed by atoms with Crippen molar-refractivity contribution in [2.24, 2.45) is 0 Å². The van der Waals surface area contributed by atoms with Crippen LogP contribution in [0.4, 0.5) is 0 Å². The van der Waals surface area contributed by atoms with Crippen LogP contribution >= 0.6 is 23.4 Å². The maximum Gasteiger partial charge on any atom is 0.127 e. The number of thioether (sulfide) groups is 1. The highest BCUT2D eigenvalue weighted by molar-refractivity contribution is 7.99. The summed E-state index contributed by atoms with van der Waals surface area (Å²) in [6, 6.07) is 3.98. The Morgan fingerprint density at radius 1 is 1.50 bits per heavy atom. The van der Waals surface area contributed by atoms with Crippen molar-refractivity contribution in [2.45, 2.75) is 13.0 Å². The smallest absolute Gasteiger partial charge is 0.127 e. The molecule has 0 atom stereocenters. The van der Waals surface area contributed by atoms with Gasteiger partial charge in [0.15, 0.2) is 0 Å². The van der Waals surface area contributed by atoms with E-state index in [1.54, 1.807) is 11.8 Å². The van der Waals surface area contributed by atoms with Crippen molar-refractivity contribution in [2.75, 3.05) is 24.7 Å². The van der Waals surface area contributed by atoms with E-state index < -0.39 is 0 Å². The minimum Gasteiger partial charge on any atom is -0.493 e. The molecule has 1 N–H and O–H groups in total. The monoisotopic (exact) mass is 281 g/mol. The van der Waals surface area contributed by atoms with Crippen LogP contribution < -0.4 is 10.1 Å². The number of benzene rings is 1. The molecule has 0 saturated carbocycles. The van der Waals surface area contributed by atoms with Crippen molar-refractivity contribution in [3.63, 3.8) is 0 Å². The molecular formula is C14H16ClNOS. The van der Waals surface area contributed by atoms with E-state index in [1.807, 2.05) is 12.1 Å². The number of rotatable bonds is 6. The predicted molar refractivity (Wildman–Crippen MR) is 78.5 cm³/mol. The van der Waals surface area contributed by atoms with Gasteiger partial charge in [-0.3, -0.25) is 0 Å². The van der Waals surface area contributed by atoms with Crippen LogP contribution in [0.5, 0.6) is 5.75 Å². The first-order chi connectivity index (χ1) is 8.81. The number of nitrogens with one attached hydrogen (secondary N) is 1. The molecule has 0 fully saturated rings. The number of hydrogen-bond donors (Lipinski definition) is 1. The Morgan fingerprint density at radius 3 is 3.22 bits per heavy atom. The Hall–Kier alpha value is -0.820. The van der Waals surface area contributed by atoms with Gasteiger partial charge in [0, 0.05) is 35.8 Å². The SMILES string of the molecule is C#CCSCCNCc1cc(Cl)cc2c1OCC2. The number of ether oxygens (including phenoxy) is 1. The van der Waals surface area contributed by atoms with Crippen molar-refractivity contribution in [1.29, 1.82) is 0 Å². The summed E-state index contributed by atoms with van der Waals surface area (Å²) in [4.78, 5) is 0. The molecule has 0 spiro atoms. The Morgan fingerprint density at radius 2 is 2.39 bits per heavy atom. The van der Waals surface area contributed by atoms with Crippen molar-refractivity contribution >= 4 is 23.4 Å². The van der Waals surface area contributed by atoms with Crippen LogP contribution in [0, 0.1) is 12.3 Å². The predicted octanol–water partition coefficient (Wildman–Crippen LogP) is 2.73. The fourth-order valence-electron chi connectivity index (χ4n) is 1.98. The van der Waals surface area contributed by atoms with Crippen molar-refractivity contribution in [3.05, 3.63) is 28.3 Å². The first kappa shape index (κ1) is 13.6. The third-order valence-electron chi connectivity index (χ3n) is 2.75. The average Bonchev–Trinajstić information content (AvgIpc) is 2.81. The van der Waals surface area contributed by atoms with E-state index in [0.29, 0.717) is 0 Å². The summed E-state index contributed by atoms with van der Waals surface area (Å²) >= 11 is 7.86. The molecule has 1 heterocycles. The van der Waals surface area contributed by atoms with Gasteiger partial charge in [-0.05, 0) is 17.7 Å². The summed E-state index contributed by atoms with van der Waals surface area (Å²) < 4.78 is 5.65. The van der Waals surface area contributed by atoms with Gasteiger partial charge in [-0.15, -0.1) is 18.2 Å². The first-order valence-corrected chi connectivity index (χ1v) is 7.50. The summed E-state index contributed by atoms with van der Waals surface area (Å²) in [5, 5.41) is 4.18. The molecule has 0 radical (unpaired) electrons. The van der Waals surface area contributed by atoms with Crippen molar-refractivity contribution in [1.82, 2.24) is 5.32 Å². The van der Waals surface area contributed by atoms with Crippen molar-refractivity contribution in [3.8, 4) is 18.1 Å². The third kappa shape index (κ3) is 3.58. The second-order valence-electron chi connectivity index (χ2n) is 4.09. The zero-order chi connectivity index (χ0) is 12.8. The summed E-state index contributed by atoms with van der Waals surface area (Å²) in [5.74, 6) is 5.43. The molecule has 0 aromatic heterocycles. The molecule has 96 valence electrons. The highest BCUT2D eigenvalue weighted by Gasteiger charge is 2.16. The van der Waals surface area contributed by atoms with Gasteiger partial charge in [0.2, 0.25) is 0 Å². The van der Waals surface area contributed by atoms with E-state index in [-0.39, 0.29) is 0 Å². The molecular weight excluding hydrogens is 266 g/mol. The fourth-order valence-corrected chi connectivity index (χ4v) is 2.79.